The number of hydrogen-bond acceptors (Lipinski definition) is 4. The number of carboxylic acids is 1. The van der Waals surface area contributed by atoms with Crippen molar-refractivity contribution in [3.05, 3.63) is 17.0 Å². The van der Waals surface area contributed by atoms with E-state index in [9.17, 15) is 4.79 Å². The summed E-state index contributed by atoms with van der Waals surface area (Å²) < 4.78 is 4.77. The number of carboxylic acid groups (broad SMARTS) is 1. The van der Waals surface area contributed by atoms with Gasteiger partial charge in [0.25, 0.3) is 0 Å². The maximum absolute atomic E-state index is 10.5. The minimum Gasteiger partial charge on any atom is -0.480 e. The number of rotatable bonds is 2. The van der Waals surface area contributed by atoms with Crippen LogP contribution < -0.4 is 5.73 Å². The summed E-state index contributed by atoms with van der Waals surface area (Å²) in [6.45, 7) is 3.30. The Morgan fingerprint density at radius 1 is 1.67 bits per heavy atom. The fraction of sp³-hybridized carbons (Fsp3) is 0.429. The smallest absolute Gasteiger partial charge is 0.325 e. The van der Waals surface area contributed by atoms with Crippen LogP contribution in [0.15, 0.2) is 4.52 Å². The molecule has 3 N–H and O–H groups in total. The quantitative estimate of drug-likeness (QED) is 0.669. The molecule has 0 radical (unpaired) electrons. The highest BCUT2D eigenvalue weighted by Crippen LogP contribution is 2.19. The van der Waals surface area contributed by atoms with Crippen LogP contribution in [0.5, 0.6) is 0 Å². The van der Waals surface area contributed by atoms with Crippen molar-refractivity contribution in [2.24, 2.45) is 5.73 Å². The molecule has 0 aliphatic heterocycles. The van der Waals surface area contributed by atoms with Gasteiger partial charge in [0.2, 0.25) is 0 Å². The third-order valence-corrected chi connectivity index (χ3v) is 1.67. The van der Waals surface area contributed by atoms with Crippen molar-refractivity contribution in [2.45, 2.75) is 19.9 Å². The van der Waals surface area contributed by atoms with Gasteiger partial charge in [-0.3, -0.25) is 4.79 Å². The van der Waals surface area contributed by atoms with E-state index in [1.165, 1.54) is 0 Å². The Morgan fingerprint density at radius 3 is 2.58 bits per heavy atom. The van der Waals surface area contributed by atoms with E-state index in [0.29, 0.717) is 17.0 Å². The van der Waals surface area contributed by atoms with Crippen LogP contribution in [-0.2, 0) is 4.79 Å². The van der Waals surface area contributed by atoms with E-state index >= 15 is 0 Å². The van der Waals surface area contributed by atoms with Crippen molar-refractivity contribution in [3.63, 3.8) is 0 Å². The third kappa shape index (κ3) is 1.31. The zero-order valence-electron chi connectivity index (χ0n) is 6.87. The first kappa shape index (κ1) is 8.73. The Kier molecular flexibility index (Phi) is 2.14. The number of aromatic nitrogens is 1. The zero-order valence-corrected chi connectivity index (χ0v) is 6.87. The second kappa shape index (κ2) is 2.94. The lowest BCUT2D eigenvalue weighted by atomic mass is 10.1. The molecule has 0 saturated heterocycles. The highest BCUT2D eigenvalue weighted by atomic mass is 16.5. The molecule has 1 unspecified atom stereocenters. The summed E-state index contributed by atoms with van der Waals surface area (Å²) in [5.41, 5.74) is 6.38. The summed E-state index contributed by atoms with van der Waals surface area (Å²) in [6, 6.07) is -1.05. The van der Waals surface area contributed by atoms with Gasteiger partial charge in [0.05, 0.1) is 5.69 Å². The van der Waals surface area contributed by atoms with E-state index in [1.807, 2.05) is 0 Å². The van der Waals surface area contributed by atoms with Crippen LogP contribution in [0.2, 0.25) is 0 Å². The van der Waals surface area contributed by atoms with Crippen molar-refractivity contribution < 1.29 is 14.4 Å². The predicted molar refractivity (Wildman–Crippen MR) is 40.5 cm³/mol. The van der Waals surface area contributed by atoms with Gasteiger partial charge in [0, 0.05) is 5.56 Å². The minimum atomic E-state index is -1.08. The fourth-order valence-electron chi connectivity index (χ4n) is 1.06. The first-order chi connectivity index (χ1) is 5.54. The van der Waals surface area contributed by atoms with Crippen LogP contribution in [-0.4, -0.2) is 16.2 Å². The molecular weight excluding hydrogens is 160 g/mol. The largest absolute Gasteiger partial charge is 0.480 e. The van der Waals surface area contributed by atoms with Crippen molar-refractivity contribution in [3.8, 4) is 0 Å². The van der Waals surface area contributed by atoms with Crippen molar-refractivity contribution in [2.75, 3.05) is 0 Å². The third-order valence-electron chi connectivity index (χ3n) is 1.67. The predicted octanol–water partition coefficient (Wildman–Crippen LogP) is 0.376. The Bertz CT molecular complexity index is 286. The molecule has 5 heteroatoms. The molecule has 0 saturated carbocycles. The SMILES string of the molecule is Cc1noc(C)c1C(N)C(=O)O. The molecule has 5 nitrogen and oxygen atoms in total. The van der Waals surface area contributed by atoms with Gasteiger partial charge in [-0.05, 0) is 13.8 Å². The lowest BCUT2D eigenvalue weighted by Gasteiger charge is -2.03. The summed E-state index contributed by atoms with van der Waals surface area (Å²) >= 11 is 0. The topological polar surface area (TPSA) is 89.4 Å². The van der Waals surface area contributed by atoms with Crippen LogP contribution in [0.1, 0.15) is 23.1 Å². The molecule has 0 bridgehead atoms. The summed E-state index contributed by atoms with van der Waals surface area (Å²) in [6.07, 6.45) is 0. The molecule has 66 valence electrons. The maximum atomic E-state index is 10.5. The summed E-state index contributed by atoms with van der Waals surface area (Å²) in [7, 11) is 0. The van der Waals surface area contributed by atoms with Gasteiger partial charge < -0.3 is 15.4 Å². The van der Waals surface area contributed by atoms with Gasteiger partial charge >= 0.3 is 5.97 Å². The van der Waals surface area contributed by atoms with E-state index in [2.05, 4.69) is 5.16 Å². The van der Waals surface area contributed by atoms with Crippen LogP contribution in [0.4, 0.5) is 0 Å². The van der Waals surface area contributed by atoms with Gasteiger partial charge in [0.1, 0.15) is 11.8 Å². The fourth-order valence-corrected chi connectivity index (χ4v) is 1.06. The van der Waals surface area contributed by atoms with Gasteiger partial charge in [-0.2, -0.15) is 0 Å². The van der Waals surface area contributed by atoms with E-state index in [1.54, 1.807) is 13.8 Å². The molecule has 0 aliphatic carbocycles. The van der Waals surface area contributed by atoms with Crippen LogP contribution in [0, 0.1) is 13.8 Å². The average molecular weight is 170 g/mol. The van der Waals surface area contributed by atoms with Crippen LogP contribution in [0.25, 0.3) is 0 Å². The Morgan fingerprint density at radius 2 is 2.25 bits per heavy atom. The molecule has 0 spiro atoms. The number of aryl methyl sites for hydroxylation is 2. The molecule has 1 atom stereocenters. The first-order valence-electron chi connectivity index (χ1n) is 3.45. The Hall–Kier alpha value is -1.36. The molecule has 1 heterocycles. The van der Waals surface area contributed by atoms with Gasteiger partial charge in [-0.15, -0.1) is 0 Å². The highest BCUT2D eigenvalue weighted by molar-refractivity contribution is 5.75. The van der Waals surface area contributed by atoms with E-state index in [4.69, 9.17) is 15.4 Å². The molecule has 0 aromatic carbocycles. The molecule has 0 amide bonds. The van der Waals surface area contributed by atoms with E-state index < -0.39 is 12.0 Å². The maximum Gasteiger partial charge on any atom is 0.325 e. The second-order valence-corrected chi connectivity index (χ2v) is 2.55. The van der Waals surface area contributed by atoms with Crippen molar-refractivity contribution in [1.29, 1.82) is 0 Å². The zero-order chi connectivity index (χ0) is 9.30. The van der Waals surface area contributed by atoms with E-state index in [0.717, 1.165) is 0 Å². The molecule has 1 aromatic rings. The Labute approximate surface area is 69.2 Å². The van der Waals surface area contributed by atoms with E-state index in [-0.39, 0.29) is 0 Å². The standard InChI is InChI=1S/C7H10N2O3/c1-3-5(4(2)12-9-3)6(8)7(10)11/h6H,8H2,1-2H3,(H,10,11). The minimum absolute atomic E-state index is 0.461. The highest BCUT2D eigenvalue weighted by Gasteiger charge is 2.22. The Balaban J connectivity index is 3.08. The van der Waals surface area contributed by atoms with Crippen LogP contribution in [0.3, 0.4) is 0 Å². The average Bonchev–Trinajstić information content (AvgIpc) is 2.30. The lowest BCUT2D eigenvalue weighted by molar-refractivity contribution is -0.138. The second-order valence-electron chi connectivity index (χ2n) is 2.55. The first-order valence-corrected chi connectivity index (χ1v) is 3.45. The lowest BCUT2D eigenvalue weighted by Crippen LogP contribution is -2.21. The summed E-state index contributed by atoms with van der Waals surface area (Å²) in [5, 5.41) is 12.2. The van der Waals surface area contributed by atoms with Crippen molar-refractivity contribution in [1.82, 2.24) is 5.16 Å². The molecule has 0 aliphatic rings. The summed E-state index contributed by atoms with van der Waals surface area (Å²) in [5.74, 6) is -0.619. The molecular formula is C7H10N2O3. The van der Waals surface area contributed by atoms with Crippen LogP contribution >= 0.6 is 0 Å². The monoisotopic (exact) mass is 170 g/mol. The number of hydrogen-bond donors (Lipinski definition) is 2. The number of aliphatic carboxylic acids is 1. The summed E-state index contributed by atoms with van der Waals surface area (Å²) in [4.78, 5) is 10.5. The van der Waals surface area contributed by atoms with Gasteiger partial charge in [-0.1, -0.05) is 5.16 Å². The molecule has 12 heavy (non-hydrogen) atoms. The van der Waals surface area contributed by atoms with Gasteiger partial charge in [-0.25, -0.2) is 0 Å². The number of nitrogens with zero attached hydrogens (tertiary/aromatic N) is 1. The molecule has 0 fully saturated rings. The van der Waals surface area contributed by atoms with Gasteiger partial charge in [0.15, 0.2) is 0 Å². The normalized spacial score (nSPS) is 12.9. The molecule has 1 rings (SSSR count). The molecule has 1 aromatic heterocycles. The number of carbonyl (C=O) groups is 1. The number of nitrogens with two attached hydrogens (primary N) is 1. The van der Waals surface area contributed by atoms with Crippen molar-refractivity contribution >= 4 is 5.97 Å².